The van der Waals surface area contributed by atoms with Gasteiger partial charge in [0.1, 0.15) is 0 Å². The zero-order valence-corrected chi connectivity index (χ0v) is 9.54. The Morgan fingerprint density at radius 2 is 2.23 bits per heavy atom. The molecule has 0 aromatic heterocycles. The molecule has 3 heteroatoms. The van der Waals surface area contributed by atoms with Gasteiger partial charge in [0, 0.05) is 24.3 Å². The highest BCUT2D eigenvalue weighted by Gasteiger charge is 2.45. The van der Waals surface area contributed by atoms with E-state index in [1.54, 1.807) is 0 Å². The summed E-state index contributed by atoms with van der Waals surface area (Å²) in [5, 5.41) is 3.76. The third-order valence-electron chi connectivity index (χ3n) is 2.80. The van der Waals surface area contributed by atoms with Crippen molar-refractivity contribution in [3.05, 3.63) is 0 Å². The van der Waals surface area contributed by atoms with Crippen LogP contribution in [0.1, 0.15) is 33.6 Å². The molecule has 2 aliphatic rings. The number of ether oxygens (including phenoxy) is 1. The molecule has 0 amide bonds. The molecule has 2 atom stereocenters. The van der Waals surface area contributed by atoms with Crippen LogP contribution in [0.5, 0.6) is 0 Å². The van der Waals surface area contributed by atoms with Crippen LogP contribution in [0.3, 0.4) is 0 Å². The molecule has 2 heterocycles. The molecular weight excluding hydrogens is 182 g/mol. The van der Waals surface area contributed by atoms with Crippen molar-refractivity contribution >= 4 is 11.8 Å². The first-order valence-corrected chi connectivity index (χ1v) is 6.05. The normalized spacial score (nSPS) is 44.1. The number of hydrogen-bond acceptors (Lipinski definition) is 3. The second kappa shape index (κ2) is 3.14. The van der Waals surface area contributed by atoms with Gasteiger partial charge in [0.05, 0.1) is 11.0 Å². The average Bonchev–Trinajstić information content (AvgIpc) is 2.26. The Kier molecular flexibility index (Phi) is 2.37. The summed E-state index contributed by atoms with van der Waals surface area (Å²) in [6.07, 6.45) is 2.73. The molecule has 0 saturated carbocycles. The lowest BCUT2D eigenvalue weighted by molar-refractivity contribution is 0.00341. The Morgan fingerprint density at radius 1 is 1.46 bits per heavy atom. The van der Waals surface area contributed by atoms with Gasteiger partial charge in [-0.2, -0.15) is 0 Å². The fourth-order valence-electron chi connectivity index (χ4n) is 2.30. The van der Waals surface area contributed by atoms with Gasteiger partial charge in [-0.05, 0) is 27.2 Å². The first-order valence-electron chi connectivity index (χ1n) is 5.06. The van der Waals surface area contributed by atoms with E-state index in [-0.39, 0.29) is 0 Å². The Labute approximate surface area is 84.8 Å². The van der Waals surface area contributed by atoms with Gasteiger partial charge in [0.15, 0.2) is 0 Å². The van der Waals surface area contributed by atoms with Crippen molar-refractivity contribution in [2.75, 3.05) is 12.4 Å². The van der Waals surface area contributed by atoms with E-state index in [0.29, 0.717) is 16.5 Å². The summed E-state index contributed by atoms with van der Waals surface area (Å²) in [6.45, 7) is 7.66. The van der Waals surface area contributed by atoms with Gasteiger partial charge in [-0.15, -0.1) is 11.8 Å². The maximum Gasteiger partial charge on any atom is 0.0696 e. The third-order valence-corrected chi connectivity index (χ3v) is 4.69. The molecule has 2 fully saturated rings. The van der Waals surface area contributed by atoms with E-state index in [2.05, 4.69) is 37.8 Å². The van der Waals surface area contributed by atoms with Crippen molar-refractivity contribution in [2.24, 2.45) is 0 Å². The van der Waals surface area contributed by atoms with E-state index in [4.69, 9.17) is 4.74 Å². The second-order valence-corrected chi connectivity index (χ2v) is 6.29. The van der Waals surface area contributed by atoms with Crippen LogP contribution in [0.25, 0.3) is 0 Å². The molecule has 13 heavy (non-hydrogen) atoms. The average molecular weight is 201 g/mol. The van der Waals surface area contributed by atoms with E-state index in [1.165, 1.54) is 5.75 Å². The van der Waals surface area contributed by atoms with E-state index >= 15 is 0 Å². The molecule has 0 aliphatic carbocycles. The van der Waals surface area contributed by atoms with Crippen molar-refractivity contribution in [3.8, 4) is 0 Å². The fraction of sp³-hybridized carbons (Fsp3) is 1.00. The summed E-state index contributed by atoms with van der Waals surface area (Å²) in [7, 11) is 0. The summed E-state index contributed by atoms with van der Waals surface area (Å²) < 4.78 is 5.58. The van der Waals surface area contributed by atoms with Crippen molar-refractivity contribution in [1.29, 1.82) is 0 Å². The van der Waals surface area contributed by atoms with E-state index in [1.807, 2.05) is 0 Å². The first-order chi connectivity index (χ1) is 6.02. The molecule has 2 unspecified atom stereocenters. The zero-order chi connectivity index (χ0) is 9.53. The predicted molar refractivity (Wildman–Crippen MR) is 57.1 cm³/mol. The van der Waals surface area contributed by atoms with Crippen LogP contribution >= 0.6 is 11.8 Å². The van der Waals surface area contributed by atoms with Crippen LogP contribution < -0.4 is 5.32 Å². The maximum absolute atomic E-state index is 5.58. The summed E-state index contributed by atoms with van der Waals surface area (Å²) >= 11 is 2.09. The van der Waals surface area contributed by atoms with Crippen LogP contribution in [-0.2, 0) is 4.74 Å². The second-order valence-electron chi connectivity index (χ2n) is 4.93. The SMILES string of the molecule is CC1CC2(CCO1)NC(C)(C)CS2. The van der Waals surface area contributed by atoms with Gasteiger partial charge in [-0.25, -0.2) is 0 Å². The van der Waals surface area contributed by atoms with Crippen LogP contribution in [0, 0.1) is 0 Å². The van der Waals surface area contributed by atoms with Crippen LogP contribution in [0.15, 0.2) is 0 Å². The van der Waals surface area contributed by atoms with Gasteiger partial charge in [-0.1, -0.05) is 0 Å². The molecule has 0 aromatic rings. The smallest absolute Gasteiger partial charge is 0.0696 e. The number of thioether (sulfide) groups is 1. The first kappa shape index (κ1) is 9.81. The maximum atomic E-state index is 5.58. The number of hydrogen-bond donors (Lipinski definition) is 1. The fourth-order valence-corrected chi connectivity index (χ4v) is 3.94. The van der Waals surface area contributed by atoms with E-state index in [9.17, 15) is 0 Å². The van der Waals surface area contributed by atoms with Crippen molar-refractivity contribution in [1.82, 2.24) is 5.32 Å². The van der Waals surface area contributed by atoms with Crippen LogP contribution in [0.2, 0.25) is 0 Å². The molecule has 1 N–H and O–H groups in total. The molecule has 0 radical (unpaired) electrons. The summed E-state index contributed by atoms with van der Waals surface area (Å²) in [5.74, 6) is 1.22. The quantitative estimate of drug-likeness (QED) is 0.647. The van der Waals surface area contributed by atoms with Gasteiger partial charge in [0.25, 0.3) is 0 Å². The lowest BCUT2D eigenvalue weighted by atomic mass is 9.99. The Morgan fingerprint density at radius 3 is 2.77 bits per heavy atom. The van der Waals surface area contributed by atoms with Crippen molar-refractivity contribution in [3.63, 3.8) is 0 Å². The summed E-state index contributed by atoms with van der Waals surface area (Å²) in [6, 6.07) is 0. The monoisotopic (exact) mass is 201 g/mol. The minimum absolute atomic E-state index is 0.307. The molecule has 0 aromatic carbocycles. The number of nitrogens with one attached hydrogen (secondary N) is 1. The van der Waals surface area contributed by atoms with E-state index < -0.39 is 0 Å². The topological polar surface area (TPSA) is 21.3 Å². The van der Waals surface area contributed by atoms with Gasteiger partial charge >= 0.3 is 0 Å². The zero-order valence-electron chi connectivity index (χ0n) is 8.72. The van der Waals surface area contributed by atoms with Gasteiger partial charge < -0.3 is 4.74 Å². The third kappa shape index (κ3) is 2.03. The highest BCUT2D eigenvalue weighted by atomic mass is 32.2. The Hall–Kier alpha value is 0.270. The molecule has 76 valence electrons. The predicted octanol–water partition coefficient (Wildman–Crippen LogP) is 2.00. The minimum atomic E-state index is 0.307. The van der Waals surface area contributed by atoms with Gasteiger partial charge in [0.2, 0.25) is 0 Å². The van der Waals surface area contributed by atoms with Crippen molar-refractivity contribution in [2.45, 2.75) is 50.1 Å². The van der Waals surface area contributed by atoms with Crippen molar-refractivity contribution < 1.29 is 4.74 Å². The van der Waals surface area contributed by atoms with E-state index in [0.717, 1.165) is 19.4 Å². The lowest BCUT2D eigenvalue weighted by Crippen LogP contribution is -2.51. The Bertz CT molecular complexity index is 207. The van der Waals surface area contributed by atoms with Crippen LogP contribution in [-0.4, -0.2) is 28.9 Å². The summed E-state index contributed by atoms with van der Waals surface area (Å²) in [4.78, 5) is 0.321. The molecular formula is C10H19NOS. The highest BCUT2D eigenvalue weighted by Crippen LogP contribution is 2.43. The standard InChI is InChI=1S/C10H19NOS/c1-8-6-10(4-5-12-8)11-9(2,3)7-13-10/h8,11H,4-7H2,1-3H3. The molecule has 2 rings (SSSR count). The highest BCUT2D eigenvalue weighted by molar-refractivity contribution is 8.01. The largest absolute Gasteiger partial charge is 0.378 e. The lowest BCUT2D eigenvalue weighted by Gasteiger charge is -2.38. The van der Waals surface area contributed by atoms with Gasteiger partial charge in [-0.3, -0.25) is 5.32 Å². The van der Waals surface area contributed by atoms with Crippen LogP contribution in [0.4, 0.5) is 0 Å². The molecule has 2 aliphatic heterocycles. The Balaban J connectivity index is 2.05. The molecule has 0 bridgehead atoms. The molecule has 2 nitrogen and oxygen atoms in total. The number of rotatable bonds is 0. The molecule has 2 saturated heterocycles. The summed E-state index contributed by atoms with van der Waals surface area (Å²) in [5.41, 5.74) is 0.307. The molecule has 1 spiro atoms. The minimum Gasteiger partial charge on any atom is -0.378 e.